The molecule has 7 heteroatoms. The fourth-order valence-electron chi connectivity index (χ4n) is 2.73. The van der Waals surface area contributed by atoms with Crippen molar-refractivity contribution in [2.75, 3.05) is 19.0 Å². The quantitative estimate of drug-likeness (QED) is 0.373. The lowest BCUT2D eigenvalue weighted by Gasteiger charge is -2.27. The van der Waals surface area contributed by atoms with Crippen LogP contribution in [0.3, 0.4) is 0 Å². The molecule has 1 aliphatic carbocycles. The number of amides is 2. The van der Waals surface area contributed by atoms with Crippen molar-refractivity contribution in [1.29, 1.82) is 0 Å². The van der Waals surface area contributed by atoms with Gasteiger partial charge in [-0.25, -0.2) is 5.48 Å². The van der Waals surface area contributed by atoms with E-state index < -0.39 is 5.91 Å². The Kier molecular flexibility index (Phi) is 4.73. The van der Waals surface area contributed by atoms with E-state index in [2.05, 4.69) is 22.1 Å². The molecule has 1 atom stereocenters. The van der Waals surface area contributed by atoms with Crippen molar-refractivity contribution >= 4 is 17.5 Å². The van der Waals surface area contributed by atoms with Crippen LogP contribution in [-0.4, -0.2) is 36.7 Å². The van der Waals surface area contributed by atoms with E-state index in [0.29, 0.717) is 29.9 Å². The maximum atomic E-state index is 12.4. The number of allylic oxidation sites excluding steroid dienone is 1. The summed E-state index contributed by atoms with van der Waals surface area (Å²) in [5.74, 6) is -0.361. The van der Waals surface area contributed by atoms with Crippen molar-refractivity contribution in [1.82, 2.24) is 10.8 Å². The maximum absolute atomic E-state index is 12.4. The summed E-state index contributed by atoms with van der Waals surface area (Å²) in [7, 11) is 1.50. The fraction of sp³-hybridized carbons (Fsp3) is 0.222. The molecule has 0 spiro atoms. The molecule has 25 heavy (non-hydrogen) atoms. The molecule has 7 nitrogen and oxygen atoms in total. The van der Waals surface area contributed by atoms with Gasteiger partial charge in [-0.2, -0.15) is 0 Å². The molecule has 0 bridgehead atoms. The van der Waals surface area contributed by atoms with Crippen LogP contribution in [0.4, 0.5) is 5.69 Å². The normalized spacial score (nSPS) is 17.6. The fourth-order valence-corrected chi connectivity index (χ4v) is 2.73. The number of benzene rings is 1. The number of fused-ring (bicyclic) bond motifs is 1. The maximum Gasteiger partial charge on any atom is 0.274 e. The number of anilines is 1. The lowest BCUT2D eigenvalue weighted by atomic mass is 9.97. The molecule has 128 valence electrons. The van der Waals surface area contributed by atoms with Gasteiger partial charge in [-0.05, 0) is 35.9 Å². The summed E-state index contributed by atoms with van der Waals surface area (Å²) < 4.78 is 5.05. The first-order valence-electron chi connectivity index (χ1n) is 7.70. The second-order valence-electron chi connectivity index (χ2n) is 5.65. The molecule has 1 unspecified atom stereocenters. The second kappa shape index (κ2) is 7.11. The molecule has 1 aliphatic heterocycles. The van der Waals surface area contributed by atoms with Gasteiger partial charge in [0.1, 0.15) is 0 Å². The zero-order chi connectivity index (χ0) is 17.8. The van der Waals surface area contributed by atoms with E-state index >= 15 is 0 Å². The smallest absolute Gasteiger partial charge is 0.274 e. The zero-order valence-electron chi connectivity index (χ0n) is 13.6. The predicted octanol–water partition coefficient (Wildman–Crippen LogP) is 1.04. The molecule has 0 saturated carbocycles. The van der Waals surface area contributed by atoms with Gasteiger partial charge < -0.3 is 15.4 Å². The highest BCUT2D eigenvalue weighted by atomic mass is 16.5. The summed E-state index contributed by atoms with van der Waals surface area (Å²) in [6, 6.07) is 4.96. The third-order valence-corrected chi connectivity index (χ3v) is 4.00. The third kappa shape index (κ3) is 3.65. The van der Waals surface area contributed by atoms with E-state index in [0.717, 1.165) is 11.3 Å². The standard InChI is InChI=1S/C18H17N3O4/c1-25-15-4-2-3-11(9-15)17(22)20-14-8-13-7-12(18(23)21-24)5-6-16(13)19-10-14/h3,5-7,9,14,19,24H,8,10H2,1H3,(H,20,22)(H,21,23). The summed E-state index contributed by atoms with van der Waals surface area (Å²) in [5.41, 5.74) is 9.71. The topological polar surface area (TPSA) is 99.7 Å². The van der Waals surface area contributed by atoms with Crippen LogP contribution in [0.1, 0.15) is 15.9 Å². The van der Waals surface area contributed by atoms with Crippen molar-refractivity contribution in [2.45, 2.75) is 12.5 Å². The highest BCUT2D eigenvalue weighted by Gasteiger charge is 2.22. The Labute approximate surface area is 144 Å². The molecule has 1 heterocycles. The van der Waals surface area contributed by atoms with Crippen molar-refractivity contribution in [3.63, 3.8) is 0 Å². The Morgan fingerprint density at radius 3 is 2.96 bits per heavy atom. The Bertz CT molecular complexity index is 859. The molecular formula is C18H17N3O4. The number of hydroxylamine groups is 1. The van der Waals surface area contributed by atoms with Crippen LogP contribution in [0.25, 0.3) is 0 Å². The van der Waals surface area contributed by atoms with Crippen molar-refractivity contribution in [2.24, 2.45) is 0 Å². The van der Waals surface area contributed by atoms with Gasteiger partial charge in [0.25, 0.3) is 11.8 Å². The van der Waals surface area contributed by atoms with Gasteiger partial charge in [0, 0.05) is 29.9 Å². The number of hydrogen-bond donors (Lipinski definition) is 4. The summed E-state index contributed by atoms with van der Waals surface area (Å²) >= 11 is 0. The molecule has 0 fully saturated rings. The molecule has 1 aromatic carbocycles. The Hall–Kier alpha value is -3.24. The minimum Gasteiger partial charge on any atom is -0.489 e. The summed E-state index contributed by atoms with van der Waals surface area (Å²) in [6.07, 6.45) is 3.71. The second-order valence-corrected chi connectivity index (χ2v) is 5.65. The first-order chi connectivity index (χ1) is 12.1. The monoisotopic (exact) mass is 339 g/mol. The molecule has 0 aromatic heterocycles. The highest BCUT2D eigenvalue weighted by Crippen LogP contribution is 2.23. The van der Waals surface area contributed by atoms with E-state index in [1.165, 1.54) is 7.11 Å². The lowest BCUT2D eigenvalue weighted by Crippen LogP contribution is -2.44. The number of carbonyl (C=O) groups is 2. The van der Waals surface area contributed by atoms with E-state index in [1.54, 1.807) is 35.8 Å². The molecular weight excluding hydrogens is 322 g/mol. The van der Waals surface area contributed by atoms with Crippen LogP contribution in [0.15, 0.2) is 53.1 Å². The van der Waals surface area contributed by atoms with Gasteiger partial charge in [-0.15, -0.1) is 0 Å². The van der Waals surface area contributed by atoms with Crippen LogP contribution in [0.2, 0.25) is 0 Å². The molecule has 4 N–H and O–H groups in total. The molecule has 2 amide bonds. The van der Waals surface area contributed by atoms with Gasteiger partial charge in [0.15, 0.2) is 5.76 Å². The molecule has 3 rings (SSSR count). The third-order valence-electron chi connectivity index (χ3n) is 4.00. The summed E-state index contributed by atoms with van der Waals surface area (Å²) in [5, 5.41) is 14.9. The summed E-state index contributed by atoms with van der Waals surface area (Å²) in [4.78, 5) is 23.9. The van der Waals surface area contributed by atoms with Gasteiger partial charge >= 0.3 is 0 Å². The Morgan fingerprint density at radius 2 is 2.20 bits per heavy atom. The van der Waals surface area contributed by atoms with Crippen molar-refractivity contribution < 1.29 is 19.5 Å². The van der Waals surface area contributed by atoms with E-state index in [1.807, 2.05) is 0 Å². The Morgan fingerprint density at radius 1 is 1.36 bits per heavy atom. The van der Waals surface area contributed by atoms with Gasteiger partial charge in [-0.1, -0.05) is 5.73 Å². The molecule has 2 aliphatic rings. The summed E-state index contributed by atoms with van der Waals surface area (Å²) in [6.45, 7) is 0.574. The number of nitrogens with one attached hydrogen (secondary N) is 3. The van der Waals surface area contributed by atoms with Crippen LogP contribution in [0.5, 0.6) is 0 Å². The van der Waals surface area contributed by atoms with Crippen LogP contribution < -0.4 is 16.1 Å². The lowest BCUT2D eigenvalue weighted by molar-refractivity contribution is -0.117. The van der Waals surface area contributed by atoms with Gasteiger partial charge in [0.2, 0.25) is 0 Å². The van der Waals surface area contributed by atoms with Crippen LogP contribution in [0, 0.1) is 0 Å². The van der Waals surface area contributed by atoms with E-state index in [-0.39, 0.29) is 11.9 Å². The minimum atomic E-state index is -0.572. The number of rotatable bonds is 4. The number of methoxy groups -OCH3 is 1. The van der Waals surface area contributed by atoms with Crippen LogP contribution in [-0.2, 0) is 16.0 Å². The molecule has 1 aromatic rings. The molecule has 0 radical (unpaired) electrons. The SMILES string of the molecule is COC1=C=C=CC(C(=O)NC2CNc3ccc(C(=O)NO)cc3C2)=C1. The first-order valence-corrected chi connectivity index (χ1v) is 7.70. The Balaban J connectivity index is 1.70. The number of hydrogen-bond acceptors (Lipinski definition) is 5. The minimum absolute atomic E-state index is 0.136. The molecule has 0 saturated heterocycles. The first kappa shape index (κ1) is 16.6. The predicted molar refractivity (Wildman–Crippen MR) is 90.0 cm³/mol. The number of ether oxygens (including phenoxy) is 1. The van der Waals surface area contributed by atoms with Crippen molar-refractivity contribution in [3.05, 3.63) is 64.3 Å². The van der Waals surface area contributed by atoms with Crippen LogP contribution >= 0.6 is 0 Å². The van der Waals surface area contributed by atoms with E-state index in [4.69, 9.17) is 9.94 Å². The average molecular weight is 339 g/mol. The van der Waals surface area contributed by atoms with Gasteiger partial charge in [0.05, 0.1) is 18.7 Å². The zero-order valence-corrected chi connectivity index (χ0v) is 13.6. The number of carbonyl (C=O) groups excluding carboxylic acids is 2. The average Bonchev–Trinajstić information content (AvgIpc) is 2.66. The van der Waals surface area contributed by atoms with E-state index in [9.17, 15) is 9.59 Å². The highest BCUT2D eigenvalue weighted by molar-refractivity contribution is 5.97. The van der Waals surface area contributed by atoms with Crippen molar-refractivity contribution in [3.8, 4) is 0 Å². The largest absolute Gasteiger partial charge is 0.489 e. The van der Waals surface area contributed by atoms with Gasteiger partial charge in [-0.3, -0.25) is 14.8 Å².